The Bertz CT molecular complexity index is 1300. The summed E-state index contributed by atoms with van der Waals surface area (Å²) >= 11 is 0. The molecule has 0 unspecified atom stereocenters. The molecule has 6 rings (SSSR count). The summed E-state index contributed by atoms with van der Waals surface area (Å²) in [5.74, 6) is 2.38. The Morgan fingerprint density at radius 1 is 0.500 bits per heavy atom. The molecule has 2 aromatic rings. The van der Waals surface area contributed by atoms with E-state index in [9.17, 15) is 0 Å². The van der Waals surface area contributed by atoms with Crippen molar-refractivity contribution in [2.75, 3.05) is 0 Å². The fourth-order valence-electron chi connectivity index (χ4n) is 10.5. The van der Waals surface area contributed by atoms with E-state index in [0.717, 1.165) is 61.3 Å². The van der Waals surface area contributed by atoms with E-state index in [-0.39, 0.29) is 17.3 Å². The summed E-state index contributed by atoms with van der Waals surface area (Å²) < 4.78 is 47.1. The Labute approximate surface area is 291 Å². The van der Waals surface area contributed by atoms with Crippen LogP contribution in [-0.4, -0.2) is 0 Å². The standard InChI is InChI=1S/C45H65F3/c1-3-5-7-8-9-11-13-32-18-25-36(26-19-32)39-30-40-38-29-28-37(43(46)41(38)42(40)45(48)44(39)47)27-20-33-16-23-35(24-17-33)34-21-14-31(15-22-34)12-10-6-4-2/h28-36H,3-27H2,1-2H3. The summed E-state index contributed by atoms with van der Waals surface area (Å²) in [5, 5.41) is 0. The summed E-state index contributed by atoms with van der Waals surface area (Å²) in [5.41, 5.74) is 3.19. The van der Waals surface area contributed by atoms with Gasteiger partial charge >= 0.3 is 0 Å². The minimum absolute atomic E-state index is 0.0689. The molecule has 3 fully saturated rings. The van der Waals surface area contributed by atoms with E-state index in [4.69, 9.17) is 0 Å². The van der Waals surface area contributed by atoms with E-state index < -0.39 is 11.6 Å². The van der Waals surface area contributed by atoms with Crippen molar-refractivity contribution in [1.29, 1.82) is 0 Å². The van der Waals surface area contributed by atoms with Crippen LogP contribution in [-0.2, 0) is 6.42 Å². The first-order chi connectivity index (χ1) is 23.5. The molecule has 0 bridgehead atoms. The predicted molar refractivity (Wildman–Crippen MR) is 197 cm³/mol. The molecule has 0 atom stereocenters. The van der Waals surface area contributed by atoms with Gasteiger partial charge in [-0.2, -0.15) is 0 Å². The van der Waals surface area contributed by atoms with Gasteiger partial charge in [-0.05, 0) is 128 Å². The van der Waals surface area contributed by atoms with Gasteiger partial charge in [0.25, 0.3) is 0 Å². The lowest BCUT2D eigenvalue weighted by molar-refractivity contribution is 0.140. The van der Waals surface area contributed by atoms with Crippen LogP contribution in [0.2, 0.25) is 0 Å². The second-order valence-corrected chi connectivity index (χ2v) is 16.8. The monoisotopic (exact) mass is 663 g/mol. The highest BCUT2D eigenvalue weighted by Gasteiger charge is 2.36. The highest BCUT2D eigenvalue weighted by molar-refractivity contribution is 6.03. The molecule has 0 saturated heterocycles. The molecule has 2 aromatic carbocycles. The van der Waals surface area contributed by atoms with Gasteiger partial charge in [0.1, 0.15) is 5.82 Å². The lowest BCUT2D eigenvalue weighted by Crippen LogP contribution is -2.26. The van der Waals surface area contributed by atoms with Crippen molar-refractivity contribution in [2.24, 2.45) is 29.6 Å². The number of hydrogen-bond acceptors (Lipinski definition) is 0. The topological polar surface area (TPSA) is 0 Å². The smallest absolute Gasteiger partial charge is 0.167 e. The van der Waals surface area contributed by atoms with Crippen molar-refractivity contribution < 1.29 is 13.2 Å². The predicted octanol–water partition coefficient (Wildman–Crippen LogP) is 14.9. The highest BCUT2D eigenvalue weighted by Crippen LogP contribution is 2.53. The van der Waals surface area contributed by atoms with Crippen molar-refractivity contribution in [3.05, 3.63) is 46.8 Å². The van der Waals surface area contributed by atoms with Crippen LogP contribution in [0.3, 0.4) is 0 Å². The lowest BCUT2D eigenvalue weighted by atomic mass is 9.68. The number of fused-ring (bicyclic) bond motifs is 4. The minimum atomic E-state index is -0.825. The lowest BCUT2D eigenvalue weighted by Gasteiger charge is -2.38. The molecule has 0 radical (unpaired) electrons. The first kappa shape index (κ1) is 36.0. The van der Waals surface area contributed by atoms with Gasteiger partial charge in [0, 0.05) is 11.1 Å². The van der Waals surface area contributed by atoms with Gasteiger partial charge in [-0.15, -0.1) is 0 Å². The molecule has 4 aliphatic rings. The third-order valence-corrected chi connectivity index (χ3v) is 13.7. The quantitative estimate of drug-likeness (QED) is 0.134. The Morgan fingerprint density at radius 3 is 1.62 bits per heavy atom. The number of halogens is 3. The number of aryl methyl sites for hydroxylation is 1. The summed E-state index contributed by atoms with van der Waals surface area (Å²) in [6.07, 6.45) is 31.5. The molecule has 3 heteroatoms. The third-order valence-electron chi connectivity index (χ3n) is 13.7. The molecule has 0 aromatic heterocycles. The van der Waals surface area contributed by atoms with Gasteiger partial charge in [-0.3, -0.25) is 0 Å². The second-order valence-electron chi connectivity index (χ2n) is 16.8. The first-order valence-corrected chi connectivity index (χ1v) is 20.8. The zero-order valence-electron chi connectivity index (χ0n) is 30.5. The molecule has 0 spiro atoms. The van der Waals surface area contributed by atoms with Crippen molar-refractivity contribution in [3.63, 3.8) is 0 Å². The normalized spacial score (nSPS) is 26.9. The Kier molecular flexibility index (Phi) is 13.1. The average molecular weight is 663 g/mol. The van der Waals surface area contributed by atoms with E-state index in [0.29, 0.717) is 34.6 Å². The van der Waals surface area contributed by atoms with E-state index in [1.807, 2.05) is 18.2 Å². The van der Waals surface area contributed by atoms with Crippen LogP contribution < -0.4 is 0 Å². The number of rotatable bonds is 16. The van der Waals surface area contributed by atoms with Crippen LogP contribution in [0, 0.1) is 47.0 Å². The van der Waals surface area contributed by atoms with Gasteiger partial charge in [-0.25, -0.2) is 13.2 Å². The average Bonchev–Trinajstić information content (AvgIpc) is 3.10. The minimum Gasteiger partial charge on any atom is -0.206 e. The molecule has 0 heterocycles. The Balaban J connectivity index is 0.975. The maximum absolute atomic E-state index is 15.9. The van der Waals surface area contributed by atoms with Crippen LogP contribution in [0.25, 0.3) is 22.3 Å². The molecule has 48 heavy (non-hydrogen) atoms. The van der Waals surface area contributed by atoms with Gasteiger partial charge in [0.05, 0.1) is 0 Å². The van der Waals surface area contributed by atoms with Crippen molar-refractivity contribution in [3.8, 4) is 22.3 Å². The maximum Gasteiger partial charge on any atom is 0.167 e. The molecule has 3 saturated carbocycles. The van der Waals surface area contributed by atoms with Gasteiger partial charge in [0.15, 0.2) is 11.6 Å². The highest BCUT2D eigenvalue weighted by atomic mass is 19.2. The van der Waals surface area contributed by atoms with Crippen LogP contribution >= 0.6 is 0 Å². The summed E-state index contributed by atoms with van der Waals surface area (Å²) in [4.78, 5) is 0. The van der Waals surface area contributed by atoms with Crippen molar-refractivity contribution in [1.82, 2.24) is 0 Å². The fraction of sp³-hybridized carbons (Fsp3) is 0.733. The first-order valence-electron chi connectivity index (χ1n) is 20.8. The van der Waals surface area contributed by atoms with Crippen molar-refractivity contribution in [2.45, 2.75) is 180 Å². The molecular formula is C45H65F3. The van der Waals surface area contributed by atoms with Crippen LogP contribution in [0.4, 0.5) is 13.2 Å². The van der Waals surface area contributed by atoms with Gasteiger partial charge in [0.2, 0.25) is 0 Å². The SMILES string of the molecule is CCCCCCCCC1CCC(c2cc3c(c(F)c2F)-c2c-3ccc(CCC3CCC(C4CCC(CCCCC)CC4)CC3)c2F)CC1. The van der Waals surface area contributed by atoms with Gasteiger partial charge < -0.3 is 0 Å². The van der Waals surface area contributed by atoms with E-state index in [2.05, 4.69) is 13.8 Å². The molecule has 0 aliphatic heterocycles. The molecular weight excluding hydrogens is 597 g/mol. The summed E-state index contributed by atoms with van der Waals surface area (Å²) in [7, 11) is 0. The number of hydrogen-bond donors (Lipinski definition) is 0. The number of benzene rings is 2. The molecule has 266 valence electrons. The summed E-state index contributed by atoms with van der Waals surface area (Å²) in [6, 6.07) is 5.77. The molecule has 4 aliphatic carbocycles. The molecule has 0 N–H and O–H groups in total. The maximum atomic E-state index is 15.9. The van der Waals surface area contributed by atoms with E-state index in [1.165, 1.54) is 122 Å². The number of unbranched alkanes of at least 4 members (excludes halogenated alkanes) is 7. The van der Waals surface area contributed by atoms with Crippen LogP contribution in [0.5, 0.6) is 0 Å². The van der Waals surface area contributed by atoms with E-state index in [1.54, 1.807) is 0 Å². The Hall–Kier alpha value is -1.77. The third kappa shape index (κ3) is 8.39. The molecule has 0 nitrogen and oxygen atoms in total. The second kappa shape index (κ2) is 17.4. The zero-order valence-corrected chi connectivity index (χ0v) is 30.5. The summed E-state index contributed by atoms with van der Waals surface area (Å²) in [6.45, 7) is 4.55. The largest absolute Gasteiger partial charge is 0.206 e. The van der Waals surface area contributed by atoms with Crippen LogP contribution in [0.1, 0.15) is 185 Å². The van der Waals surface area contributed by atoms with Crippen molar-refractivity contribution >= 4 is 0 Å². The molecule has 0 amide bonds. The fourth-order valence-corrected chi connectivity index (χ4v) is 10.5. The Morgan fingerprint density at radius 2 is 1.00 bits per heavy atom. The van der Waals surface area contributed by atoms with Gasteiger partial charge in [-0.1, -0.05) is 122 Å². The van der Waals surface area contributed by atoms with Crippen LogP contribution in [0.15, 0.2) is 18.2 Å². The zero-order chi connectivity index (χ0) is 33.5. The van der Waals surface area contributed by atoms with E-state index >= 15 is 13.2 Å².